The zero-order valence-corrected chi connectivity index (χ0v) is 17.6. The molecule has 0 radical (unpaired) electrons. The Morgan fingerprint density at radius 3 is 2.66 bits per heavy atom. The van der Waals surface area contributed by atoms with Crippen molar-refractivity contribution >= 4 is 18.0 Å². The lowest BCUT2D eigenvalue weighted by molar-refractivity contribution is -0.139. The molecule has 0 unspecified atom stereocenters. The number of morpholine rings is 1. The van der Waals surface area contributed by atoms with Crippen molar-refractivity contribution in [3.63, 3.8) is 0 Å². The fourth-order valence-corrected chi connectivity index (χ4v) is 3.02. The minimum absolute atomic E-state index is 0.0852. The summed E-state index contributed by atoms with van der Waals surface area (Å²) in [6, 6.07) is 3.56. The molecule has 172 valence electrons. The van der Waals surface area contributed by atoms with Crippen LogP contribution in [0.2, 0.25) is 0 Å². The lowest BCUT2D eigenvalue weighted by Crippen LogP contribution is -2.49. The van der Waals surface area contributed by atoms with E-state index in [0.29, 0.717) is 31.9 Å². The predicted molar refractivity (Wildman–Crippen MR) is 109 cm³/mol. The van der Waals surface area contributed by atoms with Crippen molar-refractivity contribution in [2.75, 3.05) is 39.9 Å². The molecular weight excluding hydrogens is 429 g/mol. The number of likely N-dealkylation sites (N-methyl/N-ethyl adjacent to an activating group) is 1. The molecule has 0 bridgehead atoms. The number of alkyl halides is 3. The monoisotopic (exact) mass is 452 g/mol. The summed E-state index contributed by atoms with van der Waals surface area (Å²) in [6.07, 6.45) is -0.796. The molecule has 1 aromatic heterocycles. The van der Waals surface area contributed by atoms with Crippen LogP contribution < -0.4 is 5.43 Å². The SMILES string of the molecule is Cc1cc(-c2ncn(/C=C\C(=O)NN(C)C(=O)CN3CCOCC3)n2)cc(C(F)(F)F)c1. The van der Waals surface area contributed by atoms with Crippen molar-refractivity contribution in [1.82, 2.24) is 30.1 Å². The third-order valence-corrected chi connectivity index (χ3v) is 4.66. The smallest absolute Gasteiger partial charge is 0.379 e. The summed E-state index contributed by atoms with van der Waals surface area (Å²) >= 11 is 0. The van der Waals surface area contributed by atoms with Crippen LogP contribution in [0.4, 0.5) is 13.2 Å². The van der Waals surface area contributed by atoms with Crippen LogP contribution >= 0.6 is 0 Å². The zero-order valence-electron chi connectivity index (χ0n) is 17.6. The minimum atomic E-state index is -4.48. The van der Waals surface area contributed by atoms with E-state index in [4.69, 9.17) is 4.74 Å². The van der Waals surface area contributed by atoms with Crippen molar-refractivity contribution in [1.29, 1.82) is 0 Å². The predicted octanol–water partition coefficient (Wildman–Crippen LogP) is 1.56. The van der Waals surface area contributed by atoms with E-state index in [0.717, 1.165) is 23.2 Å². The maximum absolute atomic E-state index is 13.0. The summed E-state index contributed by atoms with van der Waals surface area (Å²) in [5, 5.41) is 5.18. The van der Waals surface area contributed by atoms with E-state index in [9.17, 15) is 22.8 Å². The van der Waals surface area contributed by atoms with Gasteiger partial charge in [-0.05, 0) is 30.7 Å². The molecule has 9 nitrogen and oxygen atoms in total. The number of hydrazine groups is 1. The number of hydrogen-bond acceptors (Lipinski definition) is 6. The number of nitrogens with zero attached hydrogens (tertiary/aromatic N) is 5. The van der Waals surface area contributed by atoms with E-state index in [1.807, 2.05) is 4.90 Å². The first-order valence-corrected chi connectivity index (χ1v) is 9.78. The first-order chi connectivity index (χ1) is 15.1. The van der Waals surface area contributed by atoms with Crippen molar-refractivity contribution in [2.24, 2.45) is 0 Å². The molecule has 0 aliphatic carbocycles. The van der Waals surface area contributed by atoms with E-state index in [2.05, 4.69) is 15.5 Å². The van der Waals surface area contributed by atoms with Crippen molar-refractivity contribution in [3.05, 3.63) is 41.7 Å². The fourth-order valence-electron chi connectivity index (χ4n) is 3.02. The molecule has 0 atom stereocenters. The Morgan fingerprint density at radius 1 is 1.25 bits per heavy atom. The van der Waals surface area contributed by atoms with Crippen molar-refractivity contribution in [3.8, 4) is 11.4 Å². The molecule has 1 fully saturated rings. The molecule has 1 saturated heterocycles. The first kappa shape index (κ1) is 23.4. The molecule has 1 aromatic carbocycles. The maximum atomic E-state index is 13.0. The molecule has 3 rings (SSSR count). The van der Waals surface area contributed by atoms with Gasteiger partial charge < -0.3 is 4.74 Å². The molecular formula is C20H23F3N6O3. The summed E-state index contributed by atoms with van der Waals surface area (Å²) in [7, 11) is 1.44. The van der Waals surface area contributed by atoms with Crippen molar-refractivity contribution < 1.29 is 27.5 Å². The number of halogens is 3. The minimum Gasteiger partial charge on any atom is -0.379 e. The lowest BCUT2D eigenvalue weighted by Gasteiger charge is -2.27. The fraction of sp³-hybridized carbons (Fsp3) is 0.400. The van der Waals surface area contributed by atoms with Gasteiger partial charge in [-0.1, -0.05) is 0 Å². The summed E-state index contributed by atoms with van der Waals surface area (Å²) < 4.78 is 45.5. The van der Waals surface area contributed by atoms with Gasteiger partial charge in [-0.15, -0.1) is 5.10 Å². The Balaban J connectivity index is 1.59. The van der Waals surface area contributed by atoms with Crippen LogP contribution in [0.3, 0.4) is 0 Å². The van der Waals surface area contributed by atoms with Crippen LogP contribution in [0.15, 0.2) is 30.6 Å². The van der Waals surface area contributed by atoms with Crippen LogP contribution in [0.25, 0.3) is 17.6 Å². The number of aromatic nitrogens is 3. The molecule has 1 aliphatic heterocycles. The van der Waals surface area contributed by atoms with Crippen LogP contribution in [0.5, 0.6) is 0 Å². The summed E-state index contributed by atoms with van der Waals surface area (Å²) in [4.78, 5) is 30.2. The number of carbonyl (C=O) groups is 2. The van der Waals surface area contributed by atoms with E-state index in [1.54, 1.807) is 13.0 Å². The second-order valence-electron chi connectivity index (χ2n) is 7.27. The second kappa shape index (κ2) is 9.92. The number of rotatable bonds is 5. The Bertz CT molecular complexity index is 999. The number of ether oxygens (including phenoxy) is 1. The van der Waals surface area contributed by atoms with Gasteiger partial charge in [0, 0.05) is 38.0 Å². The average Bonchev–Trinajstić information content (AvgIpc) is 3.21. The van der Waals surface area contributed by atoms with Crippen LogP contribution in [-0.2, 0) is 20.5 Å². The third kappa shape index (κ3) is 6.37. The van der Waals surface area contributed by atoms with Gasteiger partial charge in [0.25, 0.3) is 11.8 Å². The number of carbonyl (C=O) groups excluding carboxylic acids is 2. The number of benzene rings is 1. The van der Waals surface area contributed by atoms with Crippen LogP contribution in [-0.4, -0.2) is 76.4 Å². The molecule has 2 amide bonds. The second-order valence-corrected chi connectivity index (χ2v) is 7.27. The van der Waals surface area contributed by atoms with Crippen molar-refractivity contribution in [2.45, 2.75) is 13.1 Å². The van der Waals surface area contributed by atoms with Gasteiger partial charge in [-0.25, -0.2) is 9.67 Å². The lowest BCUT2D eigenvalue weighted by atomic mass is 10.1. The van der Waals surface area contributed by atoms with E-state index >= 15 is 0 Å². The molecule has 32 heavy (non-hydrogen) atoms. The molecule has 0 spiro atoms. The normalized spacial score (nSPS) is 15.2. The van der Waals surface area contributed by atoms with Gasteiger partial charge in [-0.3, -0.25) is 24.9 Å². The molecule has 0 saturated carbocycles. The molecule has 2 heterocycles. The van der Waals surface area contributed by atoms with Crippen LogP contribution in [0.1, 0.15) is 11.1 Å². The van der Waals surface area contributed by atoms with E-state index in [-0.39, 0.29) is 23.8 Å². The van der Waals surface area contributed by atoms with Gasteiger partial charge in [0.2, 0.25) is 0 Å². The van der Waals surface area contributed by atoms with Crippen LogP contribution in [0, 0.1) is 6.92 Å². The standard InChI is InChI=1S/C20H23F3N6O3/c1-14-9-15(11-16(10-14)20(21,22)23)19-24-13-29(26-19)4-3-17(30)25-27(2)18(31)12-28-5-7-32-8-6-28/h3-4,9-11,13H,5-8,12H2,1-2H3,(H,25,30)/b4-3-. The number of amides is 2. The molecule has 1 N–H and O–H groups in total. The Labute approximate surface area is 182 Å². The Hall–Kier alpha value is -3.25. The molecule has 12 heteroatoms. The Morgan fingerprint density at radius 2 is 1.97 bits per heavy atom. The largest absolute Gasteiger partial charge is 0.416 e. The quantitative estimate of drug-likeness (QED) is 0.547. The van der Waals surface area contributed by atoms with Gasteiger partial charge in [-0.2, -0.15) is 13.2 Å². The Kier molecular flexibility index (Phi) is 7.26. The summed E-state index contributed by atoms with van der Waals surface area (Å²) in [6.45, 7) is 4.13. The van der Waals surface area contributed by atoms with E-state index < -0.39 is 17.6 Å². The van der Waals surface area contributed by atoms with E-state index in [1.165, 1.54) is 24.3 Å². The highest BCUT2D eigenvalue weighted by Crippen LogP contribution is 2.32. The number of hydrogen-bond donors (Lipinski definition) is 1. The summed E-state index contributed by atoms with van der Waals surface area (Å²) in [5.41, 5.74) is 2.27. The zero-order chi connectivity index (χ0) is 23.3. The molecule has 2 aromatic rings. The number of nitrogens with one attached hydrogen (secondary N) is 1. The highest BCUT2D eigenvalue weighted by molar-refractivity contribution is 5.91. The van der Waals surface area contributed by atoms with Gasteiger partial charge in [0.1, 0.15) is 6.33 Å². The third-order valence-electron chi connectivity index (χ3n) is 4.66. The highest BCUT2D eigenvalue weighted by atomic mass is 19.4. The van der Waals surface area contributed by atoms with Gasteiger partial charge in [0.05, 0.1) is 25.3 Å². The highest BCUT2D eigenvalue weighted by Gasteiger charge is 2.31. The number of aryl methyl sites for hydroxylation is 1. The molecule has 1 aliphatic rings. The topological polar surface area (TPSA) is 92.6 Å². The maximum Gasteiger partial charge on any atom is 0.416 e. The average molecular weight is 452 g/mol. The first-order valence-electron chi connectivity index (χ1n) is 9.78. The summed E-state index contributed by atoms with van der Waals surface area (Å²) in [5.74, 6) is -0.770. The van der Waals surface area contributed by atoms with Gasteiger partial charge >= 0.3 is 6.18 Å². The van der Waals surface area contributed by atoms with Gasteiger partial charge in [0.15, 0.2) is 5.82 Å².